The summed E-state index contributed by atoms with van der Waals surface area (Å²) in [6.45, 7) is 2.09. The third-order valence-corrected chi connectivity index (χ3v) is 2.94. The van der Waals surface area contributed by atoms with Crippen LogP contribution in [-0.4, -0.2) is 25.0 Å². The average molecular weight is 241 g/mol. The van der Waals surface area contributed by atoms with Gasteiger partial charge in [-0.25, -0.2) is 0 Å². The molecule has 4 heteroatoms. The van der Waals surface area contributed by atoms with Gasteiger partial charge in [-0.1, -0.05) is 18.2 Å². The van der Waals surface area contributed by atoms with Crippen molar-refractivity contribution in [1.82, 2.24) is 5.32 Å². The van der Waals surface area contributed by atoms with Crippen molar-refractivity contribution >= 4 is 24.0 Å². The predicted molar refractivity (Wildman–Crippen MR) is 68.1 cm³/mol. The normalized spacial score (nSPS) is 24.4. The molecule has 0 radical (unpaired) electrons. The maximum absolute atomic E-state index is 12.0. The van der Waals surface area contributed by atoms with Crippen LogP contribution in [0.2, 0.25) is 0 Å². The summed E-state index contributed by atoms with van der Waals surface area (Å²) in [6, 6.07) is 10.1. The Morgan fingerprint density at radius 1 is 1.31 bits per heavy atom. The number of anilines is 1. The zero-order chi connectivity index (χ0) is 10.8. The molecule has 3 nitrogen and oxygen atoms in total. The second-order valence-electron chi connectivity index (χ2n) is 3.97. The molecule has 1 aromatic rings. The zero-order valence-electron chi connectivity index (χ0n) is 9.51. The van der Waals surface area contributed by atoms with Crippen LogP contribution in [0.15, 0.2) is 30.3 Å². The van der Waals surface area contributed by atoms with E-state index in [9.17, 15) is 4.79 Å². The molecule has 1 saturated heterocycles. The lowest BCUT2D eigenvalue weighted by Crippen LogP contribution is -2.37. The minimum Gasteiger partial charge on any atom is -0.309 e. The standard InChI is InChI=1S/C12H16N2O.ClH/c1-9-8-11(13-2)12(15)14(9)10-6-4-3-5-7-10;/h3-7,9,11,13H,8H2,1-2H3;1H/t9-,11+;/m0./s1. The van der Waals surface area contributed by atoms with E-state index in [-0.39, 0.29) is 30.4 Å². The summed E-state index contributed by atoms with van der Waals surface area (Å²) in [5, 5.41) is 3.05. The average Bonchev–Trinajstić information content (AvgIpc) is 2.55. The minimum atomic E-state index is -0.0276. The lowest BCUT2D eigenvalue weighted by Gasteiger charge is -2.21. The van der Waals surface area contributed by atoms with Gasteiger partial charge < -0.3 is 10.2 Å². The van der Waals surface area contributed by atoms with Crippen LogP contribution in [0.5, 0.6) is 0 Å². The fourth-order valence-electron chi connectivity index (χ4n) is 2.14. The molecule has 0 unspecified atom stereocenters. The topological polar surface area (TPSA) is 32.3 Å². The molecule has 1 N–H and O–H groups in total. The Kier molecular flexibility index (Phi) is 4.33. The number of nitrogens with one attached hydrogen (secondary N) is 1. The van der Waals surface area contributed by atoms with Gasteiger partial charge in [-0.3, -0.25) is 4.79 Å². The molecule has 1 fully saturated rings. The number of carbonyl (C=O) groups is 1. The summed E-state index contributed by atoms with van der Waals surface area (Å²) in [5.41, 5.74) is 0.993. The summed E-state index contributed by atoms with van der Waals surface area (Å²) in [4.78, 5) is 13.9. The molecule has 1 amide bonds. The van der Waals surface area contributed by atoms with Crippen molar-refractivity contribution < 1.29 is 4.79 Å². The molecule has 0 aromatic heterocycles. The Morgan fingerprint density at radius 2 is 1.94 bits per heavy atom. The summed E-state index contributed by atoms with van der Waals surface area (Å²) in [7, 11) is 1.84. The molecule has 16 heavy (non-hydrogen) atoms. The summed E-state index contributed by atoms with van der Waals surface area (Å²) < 4.78 is 0. The molecule has 88 valence electrons. The van der Waals surface area contributed by atoms with Crippen LogP contribution < -0.4 is 10.2 Å². The van der Waals surface area contributed by atoms with Crippen LogP contribution in [0, 0.1) is 0 Å². The lowest BCUT2D eigenvalue weighted by molar-refractivity contribution is -0.118. The zero-order valence-corrected chi connectivity index (χ0v) is 10.3. The van der Waals surface area contributed by atoms with E-state index >= 15 is 0 Å². The molecule has 1 aliphatic heterocycles. The second kappa shape index (κ2) is 5.32. The van der Waals surface area contributed by atoms with Crippen LogP contribution in [0.4, 0.5) is 5.69 Å². The van der Waals surface area contributed by atoms with Crippen molar-refractivity contribution in [1.29, 1.82) is 0 Å². The van der Waals surface area contributed by atoms with E-state index in [1.165, 1.54) is 0 Å². The molecule has 1 aliphatic rings. The first-order valence-electron chi connectivity index (χ1n) is 5.29. The fourth-order valence-corrected chi connectivity index (χ4v) is 2.14. The Hall–Kier alpha value is -1.06. The number of carbonyl (C=O) groups excluding carboxylic acids is 1. The SMILES string of the molecule is CN[C@@H]1C[C@H](C)N(c2ccccc2)C1=O.Cl. The number of nitrogens with zero attached hydrogens (tertiary/aromatic N) is 1. The molecule has 1 heterocycles. The Balaban J connectivity index is 0.00000128. The van der Waals surface area contributed by atoms with Crippen molar-refractivity contribution in [3.63, 3.8) is 0 Å². The number of benzene rings is 1. The van der Waals surface area contributed by atoms with Crippen LogP contribution in [0.1, 0.15) is 13.3 Å². The van der Waals surface area contributed by atoms with E-state index in [0.717, 1.165) is 12.1 Å². The Bertz CT molecular complexity index is 355. The van der Waals surface area contributed by atoms with Gasteiger partial charge in [0.05, 0.1) is 6.04 Å². The van der Waals surface area contributed by atoms with Gasteiger partial charge in [-0.2, -0.15) is 0 Å². The summed E-state index contributed by atoms with van der Waals surface area (Å²) in [5.74, 6) is 0.177. The first-order valence-corrected chi connectivity index (χ1v) is 5.29. The molecule has 1 aromatic carbocycles. The molecular weight excluding hydrogens is 224 g/mol. The van der Waals surface area contributed by atoms with Gasteiger partial charge in [0.25, 0.3) is 0 Å². The van der Waals surface area contributed by atoms with Gasteiger partial charge in [0, 0.05) is 11.7 Å². The van der Waals surface area contributed by atoms with Crippen molar-refractivity contribution in [2.75, 3.05) is 11.9 Å². The monoisotopic (exact) mass is 240 g/mol. The number of para-hydroxylation sites is 1. The van der Waals surface area contributed by atoms with Crippen molar-refractivity contribution in [3.05, 3.63) is 30.3 Å². The highest BCUT2D eigenvalue weighted by atomic mass is 35.5. The highest BCUT2D eigenvalue weighted by molar-refractivity contribution is 6.00. The van der Waals surface area contributed by atoms with Crippen LogP contribution in [-0.2, 0) is 4.79 Å². The van der Waals surface area contributed by atoms with Crippen molar-refractivity contribution in [2.24, 2.45) is 0 Å². The van der Waals surface area contributed by atoms with Crippen molar-refractivity contribution in [3.8, 4) is 0 Å². The molecule has 0 spiro atoms. The minimum absolute atomic E-state index is 0. The van der Waals surface area contributed by atoms with Crippen LogP contribution >= 0.6 is 12.4 Å². The van der Waals surface area contributed by atoms with Gasteiger partial charge in [0.1, 0.15) is 0 Å². The summed E-state index contributed by atoms with van der Waals surface area (Å²) in [6.07, 6.45) is 0.879. The number of halogens is 1. The largest absolute Gasteiger partial charge is 0.309 e. The lowest BCUT2D eigenvalue weighted by atomic mass is 10.2. The molecule has 2 rings (SSSR count). The molecule has 0 bridgehead atoms. The van der Waals surface area contributed by atoms with Gasteiger partial charge in [-0.15, -0.1) is 12.4 Å². The maximum atomic E-state index is 12.0. The summed E-state index contributed by atoms with van der Waals surface area (Å²) >= 11 is 0. The van der Waals surface area contributed by atoms with Crippen LogP contribution in [0.25, 0.3) is 0 Å². The Labute approximate surface area is 102 Å². The van der Waals surface area contributed by atoms with E-state index < -0.39 is 0 Å². The predicted octanol–water partition coefficient (Wildman–Crippen LogP) is 1.82. The quantitative estimate of drug-likeness (QED) is 0.856. The maximum Gasteiger partial charge on any atom is 0.244 e. The third kappa shape index (κ3) is 2.20. The highest BCUT2D eigenvalue weighted by Crippen LogP contribution is 2.25. The van der Waals surface area contributed by atoms with E-state index in [2.05, 4.69) is 12.2 Å². The Morgan fingerprint density at radius 3 is 2.44 bits per heavy atom. The van der Waals surface area contributed by atoms with Crippen LogP contribution in [0.3, 0.4) is 0 Å². The van der Waals surface area contributed by atoms with E-state index in [1.807, 2.05) is 42.3 Å². The third-order valence-electron chi connectivity index (χ3n) is 2.94. The number of rotatable bonds is 2. The van der Waals surface area contributed by atoms with Crippen molar-refractivity contribution in [2.45, 2.75) is 25.4 Å². The fraction of sp³-hybridized carbons (Fsp3) is 0.417. The smallest absolute Gasteiger partial charge is 0.244 e. The molecule has 2 atom stereocenters. The second-order valence-corrected chi connectivity index (χ2v) is 3.97. The number of likely N-dealkylation sites (N-methyl/N-ethyl adjacent to an activating group) is 1. The van der Waals surface area contributed by atoms with E-state index in [1.54, 1.807) is 0 Å². The number of hydrogen-bond acceptors (Lipinski definition) is 2. The number of amides is 1. The van der Waals surface area contributed by atoms with Gasteiger partial charge in [0.2, 0.25) is 5.91 Å². The highest BCUT2D eigenvalue weighted by Gasteiger charge is 2.36. The number of hydrogen-bond donors (Lipinski definition) is 1. The van der Waals surface area contributed by atoms with Gasteiger partial charge in [-0.05, 0) is 32.5 Å². The molecule has 0 aliphatic carbocycles. The molecule has 0 saturated carbocycles. The first-order chi connectivity index (χ1) is 7.24. The van der Waals surface area contributed by atoms with E-state index in [4.69, 9.17) is 0 Å². The van der Waals surface area contributed by atoms with E-state index in [0.29, 0.717) is 0 Å². The first kappa shape index (κ1) is 13.0. The van der Waals surface area contributed by atoms with Gasteiger partial charge >= 0.3 is 0 Å². The molecular formula is C12H17ClN2O. The van der Waals surface area contributed by atoms with Gasteiger partial charge in [0.15, 0.2) is 0 Å².